The highest BCUT2D eigenvalue weighted by Gasteiger charge is 2.11. The van der Waals surface area contributed by atoms with Crippen LogP contribution in [0.5, 0.6) is 0 Å². The Morgan fingerprint density at radius 2 is 1.70 bits per heavy atom. The maximum absolute atomic E-state index is 5.93. The molecular weight excluding hydrogens is 417 g/mol. The van der Waals surface area contributed by atoms with Crippen molar-refractivity contribution in [1.29, 1.82) is 0 Å². The molecule has 0 aliphatic heterocycles. The second-order valence-electron chi connectivity index (χ2n) is 5.45. The summed E-state index contributed by atoms with van der Waals surface area (Å²) in [5.41, 5.74) is 4.91. The third kappa shape index (κ3) is 4.12. The van der Waals surface area contributed by atoms with E-state index < -0.39 is 0 Å². The molecule has 0 atom stereocenters. The summed E-state index contributed by atoms with van der Waals surface area (Å²) >= 11 is 5.93. The normalized spacial score (nSPS) is 10.9. The van der Waals surface area contributed by atoms with E-state index >= 15 is 0 Å². The van der Waals surface area contributed by atoms with E-state index in [1.165, 1.54) is 22.2 Å². The topological polar surface area (TPSA) is 3.88 Å². The average molecular weight is 436 g/mol. The smallest absolute Gasteiger partial charge is 0.212 e. The van der Waals surface area contributed by atoms with Gasteiger partial charge in [-0.1, -0.05) is 35.4 Å². The summed E-state index contributed by atoms with van der Waals surface area (Å²) in [6.07, 6.45) is 4.28. The molecular formula is C20H19ClIN. The fraction of sp³-hybridized carbons (Fsp3) is 0.150. The predicted molar refractivity (Wildman–Crippen MR) is 94.9 cm³/mol. The van der Waals surface area contributed by atoms with Gasteiger partial charge in [-0.05, 0) is 49.8 Å². The monoisotopic (exact) mass is 435 g/mol. The third-order valence-electron chi connectivity index (χ3n) is 3.85. The van der Waals surface area contributed by atoms with Crippen LogP contribution in [-0.4, -0.2) is 0 Å². The molecule has 0 amide bonds. The van der Waals surface area contributed by atoms with Gasteiger partial charge < -0.3 is 24.0 Å². The molecule has 0 saturated carbocycles. The van der Waals surface area contributed by atoms with Gasteiger partial charge in [0.25, 0.3) is 0 Å². The summed E-state index contributed by atoms with van der Waals surface area (Å²) in [6.45, 7) is 5.25. The van der Waals surface area contributed by atoms with Crippen molar-refractivity contribution in [3.63, 3.8) is 0 Å². The molecule has 0 N–H and O–H groups in total. The number of rotatable bonds is 3. The van der Waals surface area contributed by atoms with Crippen LogP contribution in [0.3, 0.4) is 0 Å². The van der Waals surface area contributed by atoms with Gasteiger partial charge in [0.2, 0.25) is 11.2 Å². The SMILES string of the molecule is CC[n+]1c(/C=C/c2ccc(Cl)cc2)ccc2cc(C)ccc21.[I-]. The van der Waals surface area contributed by atoms with Crippen LogP contribution in [-0.2, 0) is 6.54 Å². The molecule has 23 heavy (non-hydrogen) atoms. The average Bonchev–Trinajstić information content (AvgIpc) is 2.53. The molecule has 118 valence electrons. The highest BCUT2D eigenvalue weighted by molar-refractivity contribution is 6.30. The Hall–Kier alpha value is -1.39. The van der Waals surface area contributed by atoms with Gasteiger partial charge in [0.1, 0.15) is 6.54 Å². The Balaban J connectivity index is 0.00000192. The fourth-order valence-electron chi connectivity index (χ4n) is 2.71. The Morgan fingerprint density at radius 1 is 0.957 bits per heavy atom. The van der Waals surface area contributed by atoms with Crippen molar-refractivity contribution in [2.75, 3.05) is 0 Å². The van der Waals surface area contributed by atoms with Crippen LogP contribution in [0.4, 0.5) is 0 Å². The summed E-state index contributed by atoms with van der Waals surface area (Å²) in [5.74, 6) is 0. The van der Waals surface area contributed by atoms with E-state index in [0.29, 0.717) is 0 Å². The van der Waals surface area contributed by atoms with Crippen molar-refractivity contribution in [2.45, 2.75) is 20.4 Å². The van der Waals surface area contributed by atoms with Crippen LogP contribution in [0.2, 0.25) is 5.02 Å². The van der Waals surface area contributed by atoms with Gasteiger partial charge in [-0.3, -0.25) is 0 Å². The standard InChI is InChI=1S/C20H19ClN.HI/c1-3-22-19(11-7-16-5-9-18(21)10-6-16)12-8-17-14-15(2)4-13-20(17)22;/h4-14H,3H2,1-2H3;1H/q+1;/p-1/b11-7+;. The lowest BCUT2D eigenvalue weighted by atomic mass is 10.1. The zero-order chi connectivity index (χ0) is 15.5. The number of nitrogens with zero attached hydrogens (tertiary/aromatic N) is 1. The summed E-state index contributed by atoms with van der Waals surface area (Å²) < 4.78 is 2.33. The van der Waals surface area contributed by atoms with E-state index in [2.05, 4.69) is 60.9 Å². The van der Waals surface area contributed by atoms with Crippen molar-refractivity contribution in [3.8, 4) is 0 Å². The molecule has 0 saturated heterocycles. The molecule has 0 aliphatic carbocycles. The molecule has 3 rings (SSSR count). The Labute approximate surface area is 159 Å². The summed E-state index contributed by atoms with van der Waals surface area (Å²) in [4.78, 5) is 0. The van der Waals surface area contributed by atoms with Crippen molar-refractivity contribution in [1.82, 2.24) is 0 Å². The molecule has 1 aromatic heterocycles. The van der Waals surface area contributed by atoms with E-state index in [-0.39, 0.29) is 24.0 Å². The highest BCUT2D eigenvalue weighted by atomic mass is 127. The van der Waals surface area contributed by atoms with Crippen LogP contribution < -0.4 is 28.5 Å². The second kappa shape index (κ2) is 7.93. The molecule has 1 nitrogen and oxygen atoms in total. The summed E-state index contributed by atoms with van der Waals surface area (Å²) in [6, 6.07) is 18.9. The fourth-order valence-corrected chi connectivity index (χ4v) is 2.84. The van der Waals surface area contributed by atoms with Crippen molar-refractivity contribution in [3.05, 3.63) is 76.4 Å². The van der Waals surface area contributed by atoms with Gasteiger partial charge in [0.15, 0.2) is 0 Å². The van der Waals surface area contributed by atoms with E-state index in [1.807, 2.05) is 24.3 Å². The number of hydrogen-bond acceptors (Lipinski definition) is 0. The minimum Gasteiger partial charge on any atom is -1.00 e. The number of aryl methyl sites for hydroxylation is 2. The maximum atomic E-state index is 5.93. The Bertz CT molecular complexity index is 838. The Kier molecular flexibility index (Phi) is 6.19. The number of pyridine rings is 1. The maximum Gasteiger partial charge on any atom is 0.212 e. The molecule has 0 spiro atoms. The zero-order valence-electron chi connectivity index (χ0n) is 13.3. The van der Waals surface area contributed by atoms with Crippen LogP contribution in [0, 0.1) is 6.92 Å². The van der Waals surface area contributed by atoms with Crippen molar-refractivity contribution >= 4 is 34.7 Å². The lowest BCUT2D eigenvalue weighted by Gasteiger charge is -2.04. The number of halogens is 2. The van der Waals surface area contributed by atoms with Gasteiger partial charge >= 0.3 is 0 Å². The van der Waals surface area contributed by atoms with Crippen molar-refractivity contribution in [2.24, 2.45) is 0 Å². The molecule has 3 heteroatoms. The molecule has 0 bridgehead atoms. The minimum absolute atomic E-state index is 0. The van der Waals surface area contributed by atoms with E-state index in [4.69, 9.17) is 11.6 Å². The van der Waals surface area contributed by atoms with E-state index in [0.717, 1.165) is 17.1 Å². The van der Waals surface area contributed by atoms with Gasteiger partial charge in [-0.2, -0.15) is 4.57 Å². The first-order chi connectivity index (χ1) is 10.7. The zero-order valence-corrected chi connectivity index (χ0v) is 16.2. The van der Waals surface area contributed by atoms with Gasteiger partial charge in [0.05, 0.1) is 0 Å². The molecule has 2 aromatic carbocycles. The Morgan fingerprint density at radius 3 is 2.39 bits per heavy atom. The molecule has 0 aliphatic rings. The lowest BCUT2D eigenvalue weighted by molar-refractivity contribution is -0.669. The first kappa shape index (κ1) is 18.0. The van der Waals surface area contributed by atoms with Crippen molar-refractivity contribution < 1.29 is 28.5 Å². The summed E-state index contributed by atoms with van der Waals surface area (Å²) in [7, 11) is 0. The molecule has 3 aromatic rings. The first-order valence-electron chi connectivity index (χ1n) is 7.54. The highest BCUT2D eigenvalue weighted by Crippen LogP contribution is 2.16. The largest absolute Gasteiger partial charge is 1.00 e. The van der Waals surface area contributed by atoms with Gasteiger partial charge in [-0.25, -0.2) is 0 Å². The second-order valence-corrected chi connectivity index (χ2v) is 5.89. The number of benzene rings is 2. The number of aromatic nitrogens is 1. The lowest BCUT2D eigenvalue weighted by Crippen LogP contribution is -3.00. The van der Waals surface area contributed by atoms with Crippen LogP contribution in [0.15, 0.2) is 54.6 Å². The van der Waals surface area contributed by atoms with E-state index in [1.54, 1.807) is 0 Å². The van der Waals surface area contributed by atoms with Crippen LogP contribution >= 0.6 is 11.6 Å². The van der Waals surface area contributed by atoms with E-state index in [9.17, 15) is 0 Å². The summed E-state index contributed by atoms with van der Waals surface area (Å²) in [5, 5.41) is 2.05. The quantitative estimate of drug-likeness (QED) is 0.439. The van der Waals surface area contributed by atoms with Crippen LogP contribution in [0.1, 0.15) is 23.7 Å². The van der Waals surface area contributed by atoms with Gasteiger partial charge in [0, 0.05) is 28.6 Å². The molecule has 0 fully saturated rings. The third-order valence-corrected chi connectivity index (χ3v) is 4.10. The van der Waals surface area contributed by atoms with Gasteiger partial charge in [-0.15, -0.1) is 0 Å². The number of hydrogen-bond donors (Lipinski definition) is 0. The minimum atomic E-state index is 0. The molecule has 1 heterocycles. The molecule has 0 unspecified atom stereocenters. The molecule has 0 radical (unpaired) electrons. The van der Waals surface area contributed by atoms with Crippen LogP contribution in [0.25, 0.3) is 23.1 Å². The number of fused-ring (bicyclic) bond motifs is 1. The predicted octanol–water partition coefficient (Wildman–Crippen LogP) is 2.28. The first-order valence-corrected chi connectivity index (χ1v) is 7.92.